The molecule has 1 N–H and O–H groups in total. The molecule has 1 atom stereocenters. The summed E-state index contributed by atoms with van der Waals surface area (Å²) in [4.78, 5) is 25.3. The number of hydrogen-bond acceptors (Lipinski definition) is 5. The number of halogens is 1. The third-order valence-electron chi connectivity index (χ3n) is 5.00. The lowest BCUT2D eigenvalue weighted by Crippen LogP contribution is -2.40. The Morgan fingerprint density at radius 2 is 1.92 bits per heavy atom. The second-order valence-corrected chi connectivity index (χ2v) is 9.83. The predicted octanol–water partition coefficient (Wildman–Crippen LogP) is 3.14. The summed E-state index contributed by atoms with van der Waals surface area (Å²) in [5, 5.41) is 10.8. The molecule has 3 rings (SSSR count). The van der Waals surface area contributed by atoms with Gasteiger partial charge in [-0.1, -0.05) is 32.4 Å². The van der Waals surface area contributed by atoms with E-state index in [0.717, 1.165) is 0 Å². The first-order valence-electron chi connectivity index (χ1n) is 8.04. The molecule has 1 aliphatic carbocycles. The SMILES string of the molecule is CC1CC(C)(C)C(=O)/C(=C(\O)c2ccc3c(c2Cl)CCS3(=O)=O)C1=O. The summed E-state index contributed by atoms with van der Waals surface area (Å²) < 4.78 is 24.0. The number of carbonyl (C=O) groups excluding carboxylic acids is 2. The molecule has 25 heavy (non-hydrogen) atoms. The normalized spacial score (nSPS) is 26.5. The molecule has 1 aromatic rings. The third-order valence-corrected chi connectivity index (χ3v) is 7.23. The first kappa shape index (κ1) is 18.1. The second kappa shape index (κ2) is 5.68. The van der Waals surface area contributed by atoms with Crippen LogP contribution in [0.2, 0.25) is 5.02 Å². The van der Waals surface area contributed by atoms with Gasteiger partial charge in [-0.3, -0.25) is 9.59 Å². The average molecular weight is 383 g/mol. The zero-order valence-electron chi connectivity index (χ0n) is 14.2. The minimum absolute atomic E-state index is 0.0369. The number of aliphatic hydroxyl groups is 1. The highest BCUT2D eigenvalue weighted by molar-refractivity contribution is 7.91. The number of carbonyl (C=O) groups is 2. The number of rotatable bonds is 1. The Labute approximate surface area is 151 Å². The van der Waals surface area contributed by atoms with Crippen molar-refractivity contribution in [3.63, 3.8) is 0 Å². The molecule has 0 saturated heterocycles. The lowest BCUT2D eigenvalue weighted by Gasteiger charge is -2.33. The zero-order chi connectivity index (χ0) is 18.7. The molecule has 0 spiro atoms. The van der Waals surface area contributed by atoms with E-state index < -0.39 is 38.5 Å². The molecule has 0 radical (unpaired) electrons. The monoisotopic (exact) mass is 382 g/mol. The van der Waals surface area contributed by atoms with Gasteiger partial charge in [0.2, 0.25) is 0 Å². The van der Waals surface area contributed by atoms with Crippen molar-refractivity contribution >= 4 is 38.8 Å². The highest BCUT2D eigenvalue weighted by atomic mass is 35.5. The van der Waals surface area contributed by atoms with Crippen molar-refractivity contribution < 1.29 is 23.1 Å². The molecule has 134 valence electrons. The van der Waals surface area contributed by atoms with Crippen LogP contribution in [0.3, 0.4) is 0 Å². The van der Waals surface area contributed by atoms with Crippen molar-refractivity contribution in [1.82, 2.24) is 0 Å². The van der Waals surface area contributed by atoms with Crippen LogP contribution in [0.15, 0.2) is 22.6 Å². The molecule has 0 amide bonds. The molecule has 5 nitrogen and oxygen atoms in total. The minimum atomic E-state index is -3.36. The van der Waals surface area contributed by atoms with Crippen molar-refractivity contribution in [1.29, 1.82) is 0 Å². The molecule has 1 aliphatic heterocycles. The summed E-state index contributed by atoms with van der Waals surface area (Å²) >= 11 is 6.32. The molecule has 1 heterocycles. The quantitative estimate of drug-likeness (QED) is 0.458. The predicted molar refractivity (Wildman–Crippen MR) is 94.3 cm³/mol. The number of fused-ring (bicyclic) bond motifs is 1. The third kappa shape index (κ3) is 2.72. The topological polar surface area (TPSA) is 88.5 Å². The van der Waals surface area contributed by atoms with Crippen LogP contribution in [0, 0.1) is 11.3 Å². The fourth-order valence-corrected chi connectivity index (χ4v) is 5.62. The van der Waals surface area contributed by atoms with Crippen molar-refractivity contribution in [2.24, 2.45) is 11.3 Å². The molecule has 2 aliphatic rings. The van der Waals surface area contributed by atoms with Crippen molar-refractivity contribution in [2.45, 2.75) is 38.5 Å². The van der Waals surface area contributed by atoms with Gasteiger partial charge in [0.25, 0.3) is 0 Å². The molecule has 7 heteroatoms. The molecule has 0 bridgehead atoms. The Morgan fingerprint density at radius 1 is 1.28 bits per heavy atom. The van der Waals surface area contributed by atoms with E-state index in [2.05, 4.69) is 0 Å². The van der Waals surface area contributed by atoms with E-state index >= 15 is 0 Å². The smallest absolute Gasteiger partial charge is 0.179 e. The van der Waals surface area contributed by atoms with Crippen LogP contribution in [0.5, 0.6) is 0 Å². The van der Waals surface area contributed by atoms with Gasteiger partial charge >= 0.3 is 0 Å². The first-order chi connectivity index (χ1) is 11.5. The number of ketones is 2. The standard InChI is InChI=1S/C18H19ClO5S/c1-9-8-18(2,3)17(22)13(15(9)20)16(21)11-4-5-12-10(14(11)19)6-7-25(12,23)24/h4-5,9,21H,6-8H2,1-3H3/b16-13-. The molecule has 0 aromatic heterocycles. The number of aliphatic hydroxyl groups excluding tert-OH is 1. The maximum atomic E-state index is 12.7. The highest BCUT2D eigenvalue weighted by Crippen LogP contribution is 2.41. The summed E-state index contributed by atoms with van der Waals surface area (Å²) in [6, 6.07) is 2.74. The van der Waals surface area contributed by atoms with Gasteiger partial charge in [-0.15, -0.1) is 0 Å². The average Bonchev–Trinajstić information content (AvgIpc) is 2.82. The Morgan fingerprint density at radius 3 is 2.56 bits per heavy atom. The molecule has 1 saturated carbocycles. The Kier molecular flexibility index (Phi) is 4.12. The van der Waals surface area contributed by atoms with Crippen LogP contribution in [-0.4, -0.2) is 30.8 Å². The highest BCUT2D eigenvalue weighted by Gasteiger charge is 2.44. The number of Topliss-reactive ketones (excluding diaryl/α,β-unsaturated/α-hetero) is 2. The molecule has 1 unspecified atom stereocenters. The minimum Gasteiger partial charge on any atom is -0.506 e. The van der Waals surface area contributed by atoms with Gasteiger partial charge in [0.15, 0.2) is 21.4 Å². The van der Waals surface area contributed by atoms with Gasteiger partial charge < -0.3 is 5.11 Å². The van der Waals surface area contributed by atoms with Crippen LogP contribution in [0.4, 0.5) is 0 Å². The van der Waals surface area contributed by atoms with Crippen LogP contribution >= 0.6 is 11.6 Å². The van der Waals surface area contributed by atoms with Crippen molar-refractivity contribution in [2.75, 3.05) is 5.75 Å². The summed E-state index contributed by atoms with van der Waals surface area (Å²) in [6.07, 6.45) is 0.661. The van der Waals surface area contributed by atoms with Gasteiger partial charge in [-0.25, -0.2) is 8.42 Å². The van der Waals surface area contributed by atoms with E-state index in [9.17, 15) is 23.1 Å². The zero-order valence-corrected chi connectivity index (χ0v) is 15.8. The van der Waals surface area contributed by atoms with Gasteiger partial charge in [-0.05, 0) is 30.5 Å². The van der Waals surface area contributed by atoms with E-state index in [4.69, 9.17) is 11.6 Å². The van der Waals surface area contributed by atoms with Crippen LogP contribution in [-0.2, 0) is 25.8 Å². The van der Waals surface area contributed by atoms with Crippen molar-refractivity contribution in [3.8, 4) is 0 Å². The lowest BCUT2D eigenvalue weighted by atomic mass is 9.68. The second-order valence-electron chi connectivity index (χ2n) is 7.38. The van der Waals surface area contributed by atoms with E-state index in [1.165, 1.54) is 12.1 Å². The molecule has 1 aromatic carbocycles. The fraction of sp³-hybridized carbons (Fsp3) is 0.444. The first-order valence-corrected chi connectivity index (χ1v) is 10.1. The van der Waals surface area contributed by atoms with E-state index in [1.807, 2.05) is 0 Å². The van der Waals surface area contributed by atoms with E-state index in [-0.39, 0.29) is 33.2 Å². The van der Waals surface area contributed by atoms with E-state index in [1.54, 1.807) is 20.8 Å². The summed E-state index contributed by atoms with van der Waals surface area (Å²) in [5.41, 5.74) is -0.455. The Hall–Kier alpha value is -1.66. The van der Waals surface area contributed by atoms with Crippen LogP contribution in [0.25, 0.3) is 5.76 Å². The Balaban J connectivity index is 2.21. The maximum absolute atomic E-state index is 12.7. The van der Waals surface area contributed by atoms with Gasteiger partial charge in [0.05, 0.1) is 15.7 Å². The maximum Gasteiger partial charge on any atom is 0.179 e. The number of hydrogen-bond donors (Lipinski definition) is 1. The number of sulfone groups is 1. The summed E-state index contributed by atoms with van der Waals surface area (Å²) in [6.45, 7) is 5.20. The van der Waals surface area contributed by atoms with Crippen LogP contribution in [0.1, 0.15) is 38.3 Å². The van der Waals surface area contributed by atoms with Crippen LogP contribution < -0.4 is 0 Å². The molecular formula is C18H19ClO5S. The van der Waals surface area contributed by atoms with E-state index in [0.29, 0.717) is 12.0 Å². The fourth-order valence-electron chi connectivity index (χ4n) is 3.66. The van der Waals surface area contributed by atoms with Crippen molar-refractivity contribution in [3.05, 3.63) is 33.9 Å². The number of benzene rings is 1. The summed E-state index contributed by atoms with van der Waals surface area (Å²) in [7, 11) is -3.36. The largest absolute Gasteiger partial charge is 0.506 e. The summed E-state index contributed by atoms with van der Waals surface area (Å²) in [5.74, 6) is -1.72. The van der Waals surface area contributed by atoms with Gasteiger partial charge in [-0.2, -0.15) is 0 Å². The molecule has 1 fully saturated rings. The lowest BCUT2D eigenvalue weighted by molar-refractivity contribution is -0.133. The van der Waals surface area contributed by atoms with Gasteiger partial charge in [0.1, 0.15) is 11.3 Å². The van der Waals surface area contributed by atoms with Gasteiger partial charge in [0, 0.05) is 16.9 Å². The number of allylic oxidation sites excluding steroid dienone is 1. The Bertz CT molecular complexity index is 940. The molecular weight excluding hydrogens is 364 g/mol.